The summed E-state index contributed by atoms with van der Waals surface area (Å²) >= 11 is 5.96. The van der Waals surface area contributed by atoms with E-state index in [1.54, 1.807) is 13.1 Å². The van der Waals surface area contributed by atoms with E-state index in [0.29, 0.717) is 23.1 Å². The van der Waals surface area contributed by atoms with Gasteiger partial charge in [0, 0.05) is 43.5 Å². The van der Waals surface area contributed by atoms with Gasteiger partial charge in [-0.15, -0.1) is 0 Å². The molecule has 0 atom stereocenters. The summed E-state index contributed by atoms with van der Waals surface area (Å²) in [5.41, 5.74) is 3.85. The van der Waals surface area contributed by atoms with Crippen molar-refractivity contribution in [1.29, 1.82) is 0 Å². The molecule has 0 unspecified atom stereocenters. The first-order chi connectivity index (χ1) is 12.8. The van der Waals surface area contributed by atoms with Crippen molar-refractivity contribution in [2.45, 2.75) is 33.4 Å². The topological polar surface area (TPSA) is 63.5 Å². The second-order valence-electron chi connectivity index (χ2n) is 6.01. The van der Waals surface area contributed by atoms with Gasteiger partial charge in [-0.25, -0.2) is 0 Å². The quantitative estimate of drug-likeness (QED) is 0.554. The molecule has 6 nitrogen and oxygen atoms in total. The van der Waals surface area contributed by atoms with E-state index in [1.807, 2.05) is 25.6 Å². The lowest BCUT2D eigenvalue weighted by Crippen LogP contribution is -2.38. The van der Waals surface area contributed by atoms with Crippen molar-refractivity contribution in [3.05, 3.63) is 45.7 Å². The van der Waals surface area contributed by atoms with E-state index >= 15 is 0 Å². The fraction of sp³-hybridized carbons (Fsp3) is 0.444. The fourth-order valence-electron chi connectivity index (χ4n) is 2.78. The van der Waals surface area contributed by atoms with Crippen LogP contribution in [0.4, 0.5) is 8.78 Å². The minimum Gasteiger partial charge on any atom is -0.434 e. The van der Waals surface area contributed by atoms with Crippen molar-refractivity contribution >= 4 is 17.6 Å². The summed E-state index contributed by atoms with van der Waals surface area (Å²) in [4.78, 5) is 4.15. The number of aliphatic imine (C=N–C) groups is 1. The number of halogens is 3. The molecular weight excluding hydrogens is 376 g/mol. The molecule has 1 aromatic carbocycles. The standard InChI is InChI=1S/C18H24ClF2N5O/c1-11-15(12(2)26(4)25-11)7-8-23-18(22-3)24-10-13-9-14(19)5-6-16(13)27-17(20)21/h5-6,9,17H,7-8,10H2,1-4H3,(H2,22,23,24). The summed E-state index contributed by atoms with van der Waals surface area (Å²) in [7, 11) is 3.56. The summed E-state index contributed by atoms with van der Waals surface area (Å²) in [6, 6.07) is 4.52. The van der Waals surface area contributed by atoms with E-state index in [1.165, 1.54) is 17.7 Å². The SMILES string of the molecule is CN=C(NCCc1c(C)nn(C)c1C)NCc1cc(Cl)ccc1OC(F)F. The van der Waals surface area contributed by atoms with E-state index in [4.69, 9.17) is 11.6 Å². The van der Waals surface area contributed by atoms with E-state index in [-0.39, 0.29) is 12.3 Å². The first-order valence-electron chi connectivity index (χ1n) is 8.48. The van der Waals surface area contributed by atoms with Gasteiger partial charge in [-0.1, -0.05) is 11.6 Å². The van der Waals surface area contributed by atoms with Gasteiger partial charge in [-0.05, 0) is 44.0 Å². The Morgan fingerprint density at radius 1 is 1.33 bits per heavy atom. The highest BCUT2D eigenvalue weighted by molar-refractivity contribution is 6.30. The molecule has 0 amide bonds. The summed E-state index contributed by atoms with van der Waals surface area (Å²) in [6.45, 7) is 2.02. The summed E-state index contributed by atoms with van der Waals surface area (Å²) in [5.74, 6) is 0.635. The van der Waals surface area contributed by atoms with Gasteiger partial charge in [0.05, 0.1) is 5.69 Å². The molecule has 0 spiro atoms. The predicted octanol–water partition coefficient (Wildman–Crippen LogP) is 3.20. The van der Waals surface area contributed by atoms with Crippen molar-refractivity contribution in [2.24, 2.45) is 12.0 Å². The maximum Gasteiger partial charge on any atom is 0.387 e. The van der Waals surface area contributed by atoms with Gasteiger partial charge in [0.2, 0.25) is 0 Å². The Bertz CT molecular complexity index is 807. The van der Waals surface area contributed by atoms with Gasteiger partial charge in [0.15, 0.2) is 5.96 Å². The molecule has 2 aromatic rings. The normalized spacial score (nSPS) is 11.8. The van der Waals surface area contributed by atoms with Gasteiger partial charge in [-0.2, -0.15) is 13.9 Å². The van der Waals surface area contributed by atoms with Crippen LogP contribution in [0.2, 0.25) is 5.02 Å². The smallest absolute Gasteiger partial charge is 0.387 e. The zero-order chi connectivity index (χ0) is 20.0. The first kappa shape index (κ1) is 21.0. The van der Waals surface area contributed by atoms with Crippen molar-refractivity contribution in [1.82, 2.24) is 20.4 Å². The number of aryl methyl sites for hydroxylation is 2. The number of benzene rings is 1. The molecule has 2 rings (SSSR count). The largest absolute Gasteiger partial charge is 0.434 e. The molecule has 0 aliphatic carbocycles. The van der Waals surface area contributed by atoms with E-state index in [9.17, 15) is 8.78 Å². The molecule has 0 aliphatic rings. The average Bonchev–Trinajstić information content (AvgIpc) is 2.85. The third-order valence-corrected chi connectivity index (χ3v) is 4.47. The molecule has 0 fully saturated rings. The number of alkyl halides is 2. The molecule has 0 radical (unpaired) electrons. The Morgan fingerprint density at radius 3 is 2.67 bits per heavy atom. The second-order valence-corrected chi connectivity index (χ2v) is 6.44. The molecule has 2 N–H and O–H groups in total. The number of nitrogens with one attached hydrogen (secondary N) is 2. The number of ether oxygens (including phenoxy) is 1. The second kappa shape index (κ2) is 9.55. The van der Waals surface area contributed by atoms with E-state index < -0.39 is 6.61 Å². The molecular formula is C18H24ClF2N5O. The molecule has 0 aliphatic heterocycles. The van der Waals surface area contributed by atoms with Crippen LogP contribution in [0.3, 0.4) is 0 Å². The Labute approximate surface area is 162 Å². The minimum absolute atomic E-state index is 0.0824. The zero-order valence-electron chi connectivity index (χ0n) is 15.8. The maximum atomic E-state index is 12.5. The Kier molecular flexibility index (Phi) is 7.41. The molecule has 9 heteroatoms. The highest BCUT2D eigenvalue weighted by Crippen LogP contribution is 2.24. The van der Waals surface area contributed by atoms with Crippen LogP contribution in [0.1, 0.15) is 22.5 Å². The van der Waals surface area contributed by atoms with Crippen molar-refractivity contribution in [3.63, 3.8) is 0 Å². The molecule has 1 aromatic heterocycles. The number of aromatic nitrogens is 2. The van der Waals surface area contributed by atoms with Gasteiger partial charge in [0.1, 0.15) is 5.75 Å². The third-order valence-electron chi connectivity index (χ3n) is 4.23. The van der Waals surface area contributed by atoms with Crippen LogP contribution in [0.25, 0.3) is 0 Å². The molecule has 0 bridgehead atoms. The monoisotopic (exact) mass is 399 g/mol. The minimum atomic E-state index is -2.90. The maximum absolute atomic E-state index is 12.5. The van der Waals surface area contributed by atoms with Crippen LogP contribution in [-0.4, -0.2) is 35.9 Å². The molecule has 27 heavy (non-hydrogen) atoms. The first-order valence-corrected chi connectivity index (χ1v) is 8.86. The van der Waals surface area contributed by atoms with Crippen LogP contribution >= 0.6 is 11.6 Å². The van der Waals surface area contributed by atoms with Gasteiger partial charge < -0.3 is 15.4 Å². The number of rotatable bonds is 7. The van der Waals surface area contributed by atoms with Crippen LogP contribution in [0.5, 0.6) is 5.75 Å². The molecule has 0 saturated heterocycles. The van der Waals surface area contributed by atoms with Crippen molar-refractivity contribution in [3.8, 4) is 5.75 Å². The fourth-order valence-corrected chi connectivity index (χ4v) is 2.98. The van der Waals surface area contributed by atoms with Crippen molar-refractivity contribution < 1.29 is 13.5 Å². The van der Waals surface area contributed by atoms with Crippen LogP contribution < -0.4 is 15.4 Å². The van der Waals surface area contributed by atoms with Crippen LogP contribution in [0.15, 0.2) is 23.2 Å². The summed E-state index contributed by atoms with van der Waals surface area (Å²) in [5, 5.41) is 11.1. The van der Waals surface area contributed by atoms with Gasteiger partial charge in [0.25, 0.3) is 0 Å². The van der Waals surface area contributed by atoms with E-state index in [0.717, 1.165) is 17.8 Å². The lowest BCUT2D eigenvalue weighted by Gasteiger charge is -2.15. The summed E-state index contributed by atoms with van der Waals surface area (Å²) < 4.78 is 31.5. The third kappa shape index (κ3) is 5.82. The van der Waals surface area contributed by atoms with Gasteiger partial charge in [-0.3, -0.25) is 9.67 Å². The lowest BCUT2D eigenvalue weighted by atomic mass is 10.1. The summed E-state index contributed by atoms with van der Waals surface area (Å²) in [6.07, 6.45) is 0.795. The van der Waals surface area contributed by atoms with E-state index in [2.05, 4.69) is 25.5 Å². The Hall–Kier alpha value is -2.35. The van der Waals surface area contributed by atoms with Gasteiger partial charge >= 0.3 is 6.61 Å². The van der Waals surface area contributed by atoms with Crippen LogP contribution in [-0.2, 0) is 20.0 Å². The Morgan fingerprint density at radius 2 is 2.07 bits per heavy atom. The zero-order valence-corrected chi connectivity index (χ0v) is 16.6. The predicted molar refractivity (Wildman–Crippen MR) is 103 cm³/mol. The number of guanidine groups is 1. The number of hydrogen-bond donors (Lipinski definition) is 2. The molecule has 0 saturated carbocycles. The highest BCUT2D eigenvalue weighted by atomic mass is 35.5. The lowest BCUT2D eigenvalue weighted by molar-refractivity contribution is -0.0504. The average molecular weight is 400 g/mol. The highest BCUT2D eigenvalue weighted by Gasteiger charge is 2.12. The Balaban J connectivity index is 1.93. The van der Waals surface area contributed by atoms with Crippen LogP contribution in [0, 0.1) is 13.8 Å². The molecule has 1 heterocycles. The van der Waals surface area contributed by atoms with Crippen molar-refractivity contribution in [2.75, 3.05) is 13.6 Å². The number of hydrogen-bond acceptors (Lipinski definition) is 3. The molecule has 148 valence electrons. The number of nitrogens with zero attached hydrogens (tertiary/aromatic N) is 3.